The second kappa shape index (κ2) is 9.79. The predicted octanol–water partition coefficient (Wildman–Crippen LogP) is 4.66. The number of aryl methyl sites for hydroxylation is 1. The van der Waals surface area contributed by atoms with E-state index < -0.39 is 5.91 Å². The monoisotopic (exact) mass is 498 g/mol. The van der Waals surface area contributed by atoms with E-state index in [9.17, 15) is 4.79 Å². The summed E-state index contributed by atoms with van der Waals surface area (Å²) in [6, 6.07) is 17.1. The molecular formula is C27H26N6O2S. The lowest BCUT2D eigenvalue weighted by Crippen LogP contribution is -2.11. The fraction of sp³-hybridized carbons (Fsp3) is 0.185. The normalized spacial score (nSPS) is 11.1. The van der Waals surface area contributed by atoms with Gasteiger partial charge in [-0.3, -0.25) is 4.79 Å². The second-order valence-electron chi connectivity index (χ2n) is 8.65. The molecule has 5 aromatic rings. The summed E-state index contributed by atoms with van der Waals surface area (Å²) in [5, 5.41) is 3.09. The summed E-state index contributed by atoms with van der Waals surface area (Å²) >= 11 is 1.63. The second-order valence-corrected chi connectivity index (χ2v) is 9.71. The molecule has 0 radical (unpaired) electrons. The Kier molecular flexibility index (Phi) is 6.39. The first-order valence-electron chi connectivity index (χ1n) is 11.4. The molecule has 0 bridgehead atoms. The zero-order valence-electron chi connectivity index (χ0n) is 20.3. The number of nitrogens with two attached hydrogens (primary N) is 1. The maximum absolute atomic E-state index is 11.3. The van der Waals surface area contributed by atoms with E-state index in [4.69, 9.17) is 15.5 Å². The smallest absolute Gasteiger partial charge is 0.248 e. The van der Waals surface area contributed by atoms with Gasteiger partial charge in [-0.2, -0.15) is 0 Å². The van der Waals surface area contributed by atoms with Gasteiger partial charge in [0.05, 0.1) is 28.3 Å². The van der Waals surface area contributed by atoms with Gasteiger partial charge < -0.3 is 19.9 Å². The molecule has 0 unspecified atom stereocenters. The minimum Gasteiger partial charge on any atom is -0.486 e. The number of carbonyl (C=O) groups excluding carboxylic acids is 1. The molecule has 0 saturated carbocycles. The summed E-state index contributed by atoms with van der Waals surface area (Å²) in [6.07, 6.45) is 1.89. The van der Waals surface area contributed by atoms with Gasteiger partial charge in [0, 0.05) is 36.8 Å². The van der Waals surface area contributed by atoms with Crippen molar-refractivity contribution < 1.29 is 9.53 Å². The van der Waals surface area contributed by atoms with Gasteiger partial charge in [0.25, 0.3) is 0 Å². The van der Waals surface area contributed by atoms with Crippen LogP contribution in [-0.4, -0.2) is 39.5 Å². The Labute approximate surface area is 213 Å². The number of pyridine rings is 1. The number of hydrogen-bond donors (Lipinski definition) is 1. The third-order valence-corrected chi connectivity index (χ3v) is 6.68. The topological polar surface area (TPSA) is 99.2 Å². The highest BCUT2D eigenvalue weighted by atomic mass is 32.1. The van der Waals surface area contributed by atoms with Crippen LogP contribution >= 0.6 is 11.3 Å². The van der Waals surface area contributed by atoms with Crippen LogP contribution in [0.5, 0.6) is 5.75 Å². The molecule has 0 aliphatic heterocycles. The number of thiazole rings is 1. The number of carbonyl (C=O) groups is 1. The average Bonchev–Trinajstić information content (AvgIpc) is 3.45. The molecule has 0 atom stereocenters. The van der Waals surface area contributed by atoms with E-state index in [1.54, 1.807) is 35.6 Å². The quantitative estimate of drug-likeness (QED) is 0.334. The van der Waals surface area contributed by atoms with Crippen molar-refractivity contribution in [2.75, 3.05) is 19.0 Å². The van der Waals surface area contributed by atoms with Crippen molar-refractivity contribution in [1.29, 1.82) is 0 Å². The summed E-state index contributed by atoms with van der Waals surface area (Å²) in [6.45, 7) is 2.85. The Morgan fingerprint density at radius 3 is 2.47 bits per heavy atom. The summed E-state index contributed by atoms with van der Waals surface area (Å²) in [4.78, 5) is 27.4. The van der Waals surface area contributed by atoms with Crippen LogP contribution in [0.25, 0.3) is 22.2 Å². The minimum atomic E-state index is -0.468. The van der Waals surface area contributed by atoms with Gasteiger partial charge in [-0.1, -0.05) is 6.07 Å². The molecule has 3 heterocycles. The van der Waals surface area contributed by atoms with Crippen LogP contribution in [0.2, 0.25) is 0 Å². The number of aromatic nitrogens is 4. The van der Waals surface area contributed by atoms with Gasteiger partial charge >= 0.3 is 0 Å². The molecule has 8 nitrogen and oxygen atoms in total. The number of rotatable bonds is 8. The Morgan fingerprint density at radius 1 is 1.06 bits per heavy atom. The number of amides is 1. The fourth-order valence-corrected chi connectivity index (χ4v) is 4.57. The molecule has 0 fully saturated rings. The van der Waals surface area contributed by atoms with Crippen LogP contribution in [0.4, 0.5) is 5.82 Å². The molecule has 9 heteroatoms. The Bertz CT molecular complexity index is 1520. The van der Waals surface area contributed by atoms with E-state index in [0.717, 1.165) is 44.5 Å². The number of imidazole rings is 1. The van der Waals surface area contributed by atoms with Gasteiger partial charge in [-0.15, -0.1) is 11.3 Å². The summed E-state index contributed by atoms with van der Waals surface area (Å²) in [5.74, 6) is 1.86. The Hall–Kier alpha value is -4.24. The molecular weight excluding hydrogens is 472 g/mol. The van der Waals surface area contributed by atoms with Gasteiger partial charge in [-0.25, -0.2) is 15.0 Å². The third-order valence-electron chi connectivity index (χ3n) is 5.86. The van der Waals surface area contributed by atoms with Crippen LogP contribution in [0.1, 0.15) is 26.9 Å². The maximum Gasteiger partial charge on any atom is 0.248 e. The predicted molar refractivity (Wildman–Crippen MR) is 143 cm³/mol. The van der Waals surface area contributed by atoms with Gasteiger partial charge in [-0.05, 0) is 61.0 Å². The number of nitrogens with zero attached hydrogens (tertiary/aromatic N) is 5. The summed E-state index contributed by atoms with van der Waals surface area (Å²) in [7, 11) is 3.95. The van der Waals surface area contributed by atoms with Crippen LogP contribution in [0.3, 0.4) is 0 Å². The highest BCUT2D eigenvalue weighted by Gasteiger charge is 2.15. The summed E-state index contributed by atoms with van der Waals surface area (Å²) in [5.41, 5.74) is 10.7. The molecule has 1 amide bonds. The van der Waals surface area contributed by atoms with Crippen molar-refractivity contribution in [2.24, 2.45) is 5.73 Å². The van der Waals surface area contributed by atoms with Crippen LogP contribution in [0.15, 0.2) is 66.2 Å². The largest absolute Gasteiger partial charge is 0.486 e. The van der Waals surface area contributed by atoms with Crippen molar-refractivity contribution in [2.45, 2.75) is 20.1 Å². The van der Waals surface area contributed by atoms with E-state index in [1.807, 2.05) is 44.2 Å². The zero-order chi connectivity index (χ0) is 25.2. The molecule has 0 saturated heterocycles. The third kappa shape index (κ3) is 4.92. The van der Waals surface area contributed by atoms with Gasteiger partial charge in [0.1, 0.15) is 24.0 Å². The van der Waals surface area contributed by atoms with Crippen LogP contribution < -0.4 is 15.4 Å². The standard InChI is InChI=1S/C27H26N6O2S/c1-17-30-21(16-36-17)14-33-24-12-19(20-7-11-25(29-13-20)32(2)3)6-10-23(24)31-26(33)15-35-22-8-4-18(5-9-22)27(28)34/h4-13,16H,14-15H2,1-3H3,(H2,28,34). The van der Waals surface area contributed by atoms with Crippen molar-refractivity contribution in [1.82, 2.24) is 19.5 Å². The molecule has 5 rings (SSSR count). The van der Waals surface area contributed by atoms with Crippen molar-refractivity contribution in [3.63, 3.8) is 0 Å². The first-order chi connectivity index (χ1) is 17.4. The lowest BCUT2D eigenvalue weighted by atomic mass is 10.1. The maximum atomic E-state index is 11.3. The number of ether oxygens (including phenoxy) is 1. The van der Waals surface area contributed by atoms with Crippen molar-refractivity contribution >= 4 is 34.1 Å². The Balaban J connectivity index is 1.49. The first kappa shape index (κ1) is 23.5. The fourth-order valence-electron chi connectivity index (χ4n) is 3.97. The Morgan fingerprint density at radius 2 is 1.83 bits per heavy atom. The lowest BCUT2D eigenvalue weighted by molar-refractivity contribution is 0.1000. The van der Waals surface area contributed by atoms with E-state index in [1.165, 1.54) is 0 Å². The van der Waals surface area contributed by atoms with Crippen LogP contribution in [-0.2, 0) is 13.2 Å². The van der Waals surface area contributed by atoms with E-state index in [-0.39, 0.29) is 6.61 Å². The molecule has 0 aliphatic carbocycles. The SMILES string of the molecule is Cc1nc(Cn2c(COc3ccc(C(N)=O)cc3)nc3ccc(-c4ccc(N(C)C)nc4)cc32)cs1. The van der Waals surface area contributed by atoms with Gasteiger partial charge in [0.2, 0.25) is 5.91 Å². The summed E-state index contributed by atoms with van der Waals surface area (Å²) < 4.78 is 8.17. The highest BCUT2D eigenvalue weighted by molar-refractivity contribution is 7.09. The molecule has 0 spiro atoms. The number of anilines is 1. The van der Waals surface area contributed by atoms with E-state index in [0.29, 0.717) is 17.9 Å². The molecule has 0 aliphatic rings. The minimum absolute atomic E-state index is 0.266. The number of benzene rings is 2. The average molecular weight is 499 g/mol. The van der Waals surface area contributed by atoms with E-state index in [2.05, 4.69) is 38.1 Å². The number of fused-ring (bicyclic) bond motifs is 1. The van der Waals surface area contributed by atoms with Crippen LogP contribution in [0, 0.1) is 6.92 Å². The lowest BCUT2D eigenvalue weighted by Gasteiger charge is -2.12. The number of primary amides is 1. The van der Waals surface area contributed by atoms with Crippen molar-refractivity contribution in [3.8, 4) is 16.9 Å². The molecule has 2 N–H and O–H groups in total. The van der Waals surface area contributed by atoms with E-state index >= 15 is 0 Å². The van der Waals surface area contributed by atoms with Crippen molar-refractivity contribution in [3.05, 3.63) is 88.3 Å². The molecule has 3 aromatic heterocycles. The molecule has 2 aromatic carbocycles. The zero-order valence-corrected chi connectivity index (χ0v) is 21.1. The van der Waals surface area contributed by atoms with Gasteiger partial charge in [0.15, 0.2) is 0 Å². The highest BCUT2D eigenvalue weighted by Crippen LogP contribution is 2.27. The first-order valence-corrected chi connectivity index (χ1v) is 12.3. The number of hydrogen-bond acceptors (Lipinski definition) is 7. The molecule has 182 valence electrons. The molecule has 36 heavy (non-hydrogen) atoms.